The topological polar surface area (TPSA) is 84.1 Å². The SMILES string of the molecule is N#Cc1c(-c2ccc(NS(=O)(=O)C3CC3)cc2)n(C2CCC2)c2ccc(OC(F)F)cc12. The second kappa shape index (κ2) is 7.78. The van der Waals surface area contributed by atoms with Crippen molar-refractivity contribution in [2.24, 2.45) is 0 Å². The maximum atomic E-state index is 12.7. The molecule has 6 nitrogen and oxygen atoms in total. The van der Waals surface area contributed by atoms with E-state index in [0.717, 1.165) is 30.3 Å². The summed E-state index contributed by atoms with van der Waals surface area (Å²) in [6, 6.07) is 14.1. The van der Waals surface area contributed by atoms with Crippen molar-refractivity contribution < 1.29 is 21.9 Å². The highest BCUT2D eigenvalue weighted by molar-refractivity contribution is 7.93. The Labute approximate surface area is 184 Å². The molecule has 1 N–H and O–H groups in total. The molecular weight excluding hydrogens is 436 g/mol. The standard InChI is InChI=1S/C23H21F2N3O3S/c24-23(25)31-17-8-11-21-19(12-17)20(13-26)22(28(21)16-2-1-3-16)14-4-6-15(7-5-14)27-32(29,30)18-9-10-18/h4-8,11-12,16,18,23,27H,1-3,9-10H2. The van der Waals surface area contributed by atoms with Crippen LogP contribution in [0.4, 0.5) is 14.5 Å². The van der Waals surface area contributed by atoms with Crippen molar-refractivity contribution >= 4 is 26.6 Å². The Morgan fingerprint density at radius 1 is 1.09 bits per heavy atom. The molecule has 0 spiro atoms. The highest BCUT2D eigenvalue weighted by Gasteiger charge is 2.35. The average molecular weight is 458 g/mol. The third kappa shape index (κ3) is 3.69. The first-order valence-electron chi connectivity index (χ1n) is 10.5. The van der Waals surface area contributed by atoms with Crippen molar-refractivity contribution in [2.45, 2.75) is 50.0 Å². The monoisotopic (exact) mass is 457 g/mol. The predicted molar refractivity (Wildman–Crippen MR) is 117 cm³/mol. The van der Waals surface area contributed by atoms with Gasteiger partial charge in [-0.05, 0) is 68.0 Å². The van der Waals surface area contributed by atoms with Crippen LogP contribution in [0.1, 0.15) is 43.7 Å². The van der Waals surface area contributed by atoms with Crippen LogP contribution >= 0.6 is 0 Å². The van der Waals surface area contributed by atoms with E-state index in [1.165, 1.54) is 12.1 Å². The minimum Gasteiger partial charge on any atom is -0.435 e. The third-order valence-corrected chi connectivity index (χ3v) is 8.00. The van der Waals surface area contributed by atoms with Gasteiger partial charge in [0.15, 0.2) is 0 Å². The van der Waals surface area contributed by atoms with Crippen LogP contribution in [0.5, 0.6) is 5.75 Å². The second-order valence-corrected chi connectivity index (χ2v) is 10.2. The number of aromatic nitrogens is 1. The smallest absolute Gasteiger partial charge is 0.387 e. The van der Waals surface area contributed by atoms with Gasteiger partial charge in [-0.1, -0.05) is 12.1 Å². The van der Waals surface area contributed by atoms with Crippen LogP contribution in [0.15, 0.2) is 42.5 Å². The zero-order valence-electron chi connectivity index (χ0n) is 17.1. The normalized spacial score (nSPS) is 16.7. The summed E-state index contributed by atoms with van der Waals surface area (Å²) in [5.41, 5.74) is 3.12. The molecule has 2 aromatic carbocycles. The minimum absolute atomic E-state index is 0.00569. The van der Waals surface area contributed by atoms with Gasteiger partial charge < -0.3 is 9.30 Å². The molecule has 0 aliphatic heterocycles. The summed E-state index contributed by atoms with van der Waals surface area (Å²) >= 11 is 0. The van der Waals surface area contributed by atoms with Crippen molar-refractivity contribution in [1.29, 1.82) is 5.26 Å². The van der Waals surface area contributed by atoms with Crippen LogP contribution in [0, 0.1) is 11.3 Å². The van der Waals surface area contributed by atoms with E-state index in [0.29, 0.717) is 35.2 Å². The molecule has 32 heavy (non-hydrogen) atoms. The number of ether oxygens (including phenoxy) is 1. The molecule has 0 radical (unpaired) electrons. The highest BCUT2D eigenvalue weighted by Crippen LogP contribution is 2.43. The molecule has 0 amide bonds. The minimum atomic E-state index is -3.36. The number of nitrogens with one attached hydrogen (secondary N) is 1. The quantitative estimate of drug-likeness (QED) is 0.514. The van der Waals surface area contributed by atoms with E-state index < -0.39 is 16.6 Å². The number of nitrogens with zero attached hydrogens (tertiary/aromatic N) is 2. The molecule has 0 bridgehead atoms. The molecule has 2 aliphatic carbocycles. The molecule has 2 saturated carbocycles. The summed E-state index contributed by atoms with van der Waals surface area (Å²) in [4.78, 5) is 0. The molecule has 1 aromatic heterocycles. The lowest BCUT2D eigenvalue weighted by atomic mass is 9.92. The van der Waals surface area contributed by atoms with E-state index in [1.54, 1.807) is 30.3 Å². The number of sulfonamides is 1. The van der Waals surface area contributed by atoms with Crippen LogP contribution in [-0.4, -0.2) is 24.8 Å². The number of hydrogen-bond donors (Lipinski definition) is 1. The van der Waals surface area contributed by atoms with Crippen LogP contribution < -0.4 is 9.46 Å². The van der Waals surface area contributed by atoms with Crippen molar-refractivity contribution in [3.63, 3.8) is 0 Å². The van der Waals surface area contributed by atoms with Gasteiger partial charge in [-0.15, -0.1) is 0 Å². The number of benzene rings is 2. The Morgan fingerprint density at radius 2 is 1.81 bits per heavy atom. The van der Waals surface area contributed by atoms with E-state index in [4.69, 9.17) is 0 Å². The Bertz CT molecular complexity index is 1320. The summed E-state index contributed by atoms with van der Waals surface area (Å²) in [7, 11) is -3.36. The lowest BCUT2D eigenvalue weighted by molar-refractivity contribution is -0.0497. The Kier molecular flexibility index (Phi) is 5.05. The van der Waals surface area contributed by atoms with E-state index in [-0.39, 0.29) is 17.0 Å². The number of alkyl halides is 2. The lowest BCUT2D eigenvalue weighted by Gasteiger charge is -2.30. The molecule has 2 aliphatic rings. The van der Waals surface area contributed by atoms with Crippen molar-refractivity contribution in [1.82, 2.24) is 4.57 Å². The molecule has 1 heterocycles. The first kappa shape index (κ1) is 20.8. The largest absolute Gasteiger partial charge is 0.435 e. The molecule has 166 valence electrons. The number of nitriles is 1. The molecule has 9 heteroatoms. The maximum absolute atomic E-state index is 12.7. The van der Waals surface area contributed by atoms with Crippen LogP contribution in [-0.2, 0) is 10.0 Å². The van der Waals surface area contributed by atoms with Gasteiger partial charge in [0.25, 0.3) is 0 Å². The van der Waals surface area contributed by atoms with Crippen molar-refractivity contribution in [3.05, 3.63) is 48.0 Å². The molecule has 0 unspecified atom stereocenters. The van der Waals surface area contributed by atoms with Gasteiger partial charge in [-0.2, -0.15) is 14.0 Å². The van der Waals surface area contributed by atoms with E-state index >= 15 is 0 Å². The van der Waals surface area contributed by atoms with Gasteiger partial charge in [-0.25, -0.2) is 8.42 Å². The highest BCUT2D eigenvalue weighted by atomic mass is 32.2. The first-order valence-corrected chi connectivity index (χ1v) is 12.1. The van der Waals surface area contributed by atoms with Crippen molar-refractivity contribution in [3.8, 4) is 23.1 Å². The lowest BCUT2D eigenvalue weighted by Crippen LogP contribution is -2.18. The Hall–Kier alpha value is -3.12. The molecule has 0 saturated heterocycles. The van der Waals surface area contributed by atoms with Crippen LogP contribution in [0.3, 0.4) is 0 Å². The number of rotatable bonds is 7. The maximum Gasteiger partial charge on any atom is 0.387 e. The molecule has 3 aromatic rings. The van der Waals surface area contributed by atoms with Gasteiger partial charge in [0.2, 0.25) is 10.0 Å². The fourth-order valence-corrected chi connectivity index (χ4v) is 5.60. The number of anilines is 1. The second-order valence-electron chi connectivity index (χ2n) is 8.27. The van der Waals surface area contributed by atoms with E-state index in [1.807, 2.05) is 0 Å². The van der Waals surface area contributed by atoms with Crippen LogP contribution in [0.2, 0.25) is 0 Å². The van der Waals surface area contributed by atoms with E-state index in [2.05, 4.69) is 20.1 Å². The molecular formula is C23H21F2N3O3S. The number of fused-ring (bicyclic) bond motifs is 1. The summed E-state index contributed by atoms with van der Waals surface area (Å²) in [5, 5.41) is 10.2. The molecule has 0 atom stereocenters. The average Bonchev–Trinajstić information content (AvgIpc) is 3.52. The molecule has 5 rings (SSSR count). The summed E-state index contributed by atoms with van der Waals surface area (Å²) in [6.45, 7) is -2.95. The van der Waals surface area contributed by atoms with Gasteiger partial charge in [0.1, 0.15) is 11.8 Å². The summed E-state index contributed by atoms with van der Waals surface area (Å²) in [6.07, 6.45) is 4.38. The fourth-order valence-electron chi connectivity index (χ4n) is 4.21. The number of hydrogen-bond acceptors (Lipinski definition) is 4. The van der Waals surface area contributed by atoms with Gasteiger partial charge in [-0.3, -0.25) is 4.72 Å². The van der Waals surface area contributed by atoms with Gasteiger partial charge in [0, 0.05) is 17.1 Å². The van der Waals surface area contributed by atoms with E-state index in [9.17, 15) is 22.5 Å². The summed E-state index contributed by atoms with van der Waals surface area (Å²) < 4.78 is 59.1. The third-order valence-electron chi connectivity index (χ3n) is 6.13. The van der Waals surface area contributed by atoms with Gasteiger partial charge >= 0.3 is 6.61 Å². The first-order chi connectivity index (χ1) is 15.4. The Balaban J connectivity index is 1.60. The number of halogens is 2. The zero-order valence-corrected chi connectivity index (χ0v) is 17.9. The van der Waals surface area contributed by atoms with Gasteiger partial charge in [0.05, 0.1) is 22.0 Å². The van der Waals surface area contributed by atoms with Crippen molar-refractivity contribution in [2.75, 3.05) is 4.72 Å². The fraction of sp³-hybridized carbons (Fsp3) is 0.348. The van der Waals surface area contributed by atoms with Crippen LogP contribution in [0.25, 0.3) is 22.2 Å². The Morgan fingerprint density at radius 3 is 2.38 bits per heavy atom. The summed E-state index contributed by atoms with van der Waals surface area (Å²) in [5.74, 6) is 0.00569. The zero-order chi connectivity index (χ0) is 22.5. The molecule has 2 fully saturated rings. The predicted octanol–water partition coefficient (Wildman–Crippen LogP) is 5.41.